The topological polar surface area (TPSA) is 120 Å². The van der Waals surface area contributed by atoms with Gasteiger partial charge in [0.2, 0.25) is 0 Å². The largest absolute Gasteiger partial charge is 0.393 e. The lowest BCUT2D eigenvalue weighted by molar-refractivity contribution is -0.315. The molecule has 2 aliphatic rings. The van der Waals surface area contributed by atoms with Crippen LogP contribution in [0.15, 0.2) is 130 Å². The van der Waals surface area contributed by atoms with E-state index in [4.69, 9.17) is 9.47 Å². The van der Waals surface area contributed by atoms with E-state index >= 15 is 0 Å². The monoisotopic (exact) mass is 732 g/mol. The Hall–Kier alpha value is -3.14. The van der Waals surface area contributed by atoms with Crippen LogP contribution in [0.3, 0.4) is 0 Å². The fourth-order valence-corrected chi connectivity index (χ4v) is 6.42. The van der Waals surface area contributed by atoms with Crippen LogP contribution in [0.1, 0.15) is 102 Å². The van der Waals surface area contributed by atoms with Gasteiger partial charge in [-0.15, -0.1) is 0 Å². The molecule has 5 N–H and O–H groups in total. The van der Waals surface area contributed by atoms with Crippen molar-refractivity contribution >= 4 is 0 Å². The van der Waals surface area contributed by atoms with E-state index in [1.807, 2.05) is 50.3 Å². The van der Waals surface area contributed by atoms with Gasteiger partial charge in [0.15, 0.2) is 6.29 Å². The maximum atomic E-state index is 10.7. The number of aliphatic hydroxyl groups excluding tert-OH is 4. The lowest BCUT2D eigenvalue weighted by Gasteiger charge is -2.42. The predicted molar refractivity (Wildman–Crippen MR) is 219 cm³/mol. The molecule has 0 aromatic heterocycles. The first-order valence-corrected chi connectivity index (χ1v) is 18.9. The molecule has 0 radical (unpaired) electrons. The minimum atomic E-state index is -1.42. The van der Waals surface area contributed by atoms with E-state index < -0.39 is 42.4 Å². The highest BCUT2D eigenvalue weighted by Crippen LogP contribution is 2.41. The molecule has 1 aliphatic heterocycles. The lowest BCUT2D eigenvalue weighted by Crippen LogP contribution is -2.59. The van der Waals surface area contributed by atoms with Gasteiger partial charge in [-0.2, -0.15) is 0 Å². The number of allylic oxidation sites excluding steroid dienone is 21. The number of hydrogen-bond donors (Lipinski definition) is 5. The number of hydrogen-bond acceptors (Lipinski definition) is 7. The van der Waals surface area contributed by atoms with Gasteiger partial charge in [0.25, 0.3) is 0 Å². The molecule has 2 rings (SSSR count). The highest BCUT2D eigenvalue weighted by atomic mass is 16.7. The van der Waals surface area contributed by atoms with Gasteiger partial charge in [0.1, 0.15) is 18.3 Å². The normalized spacial score (nSPS) is 28.2. The first-order valence-electron chi connectivity index (χ1n) is 18.9. The standard InChI is InChI=1S/C46H68O7/c1-31(17-12-13-18-32(2)20-15-23-34(4)25-27-39-36(6)29-38(47)30-45(39,8)9)19-14-21-33(3)22-16-24-35(5)26-28-40(46(10,11)51)53-44-43(50)42(49)41(48)37(7)52-44/h12-25,27,37-38,40-44,47-51H,26,28-30H2,1-11H3. The van der Waals surface area contributed by atoms with E-state index in [0.717, 1.165) is 35.1 Å². The zero-order chi connectivity index (χ0) is 39.9. The van der Waals surface area contributed by atoms with E-state index in [1.165, 1.54) is 16.7 Å². The van der Waals surface area contributed by atoms with Crippen molar-refractivity contribution in [3.63, 3.8) is 0 Å². The van der Waals surface area contributed by atoms with Crippen LogP contribution in [0.2, 0.25) is 0 Å². The molecule has 1 aliphatic carbocycles. The zero-order valence-electron chi connectivity index (χ0n) is 34.1. The second kappa shape index (κ2) is 21.7. The predicted octanol–water partition coefficient (Wildman–Crippen LogP) is 8.76. The summed E-state index contributed by atoms with van der Waals surface area (Å²) in [6, 6.07) is 0. The maximum absolute atomic E-state index is 10.7. The Kier molecular flexibility index (Phi) is 18.8. The average Bonchev–Trinajstić information content (AvgIpc) is 3.04. The van der Waals surface area contributed by atoms with Gasteiger partial charge in [-0.3, -0.25) is 0 Å². The Labute approximate surface area is 320 Å². The van der Waals surface area contributed by atoms with Crippen molar-refractivity contribution in [2.75, 3.05) is 0 Å². The molecule has 1 saturated heterocycles. The van der Waals surface area contributed by atoms with E-state index in [9.17, 15) is 25.5 Å². The summed E-state index contributed by atoms with van der Waals surface area (Å²) < 4.78 is 11.5. The highest BCUT2D eigenvalue weighted by molar-refractivity contribution is 5.38. The summed E-state index contributed by atoms with van der Waals surface area (Å²) in [4.78, 5) is 0. The first kappa shape index (κ1) is 46.0. The third-order valence-corrected chi connectivity index (χ3v) is 9.69. The van der Waals surface area contributed by atoms with Gasteiger partial charge in [-0.1, -0.05) is 138 Å². The van der Waals surface area contributed by atoms with Crippen LogP contribution in [-0.4, -0.2) is 74.0 Å². The molecule has 1 fully saturated rings. The van der Waals surface area contributed by atoms with Gasteiger partial charge >= 0.3 is 0 Å². The molecule has 7 unspecified atom stereocenters. The molecule has 0 aromatic carbocycles. The van der Waals surface area contributed by atoms with Gasteiger partial charge in [-0.05, 0) is 99.0 Å². The summed E-state index contributed by atoms with van der Waals surface area (Å²) in [6.45, 7) is 21.7. The van der Waals surface area contributed by atoms with Crippen LogP contribution >= 0.6 is 0 Å². The Morgan fingerprint density at radius 2 is 1.26 bits per heavy atom. The van der Waals surface area contributed by atoms with Crippen molar-refractivity contribution in [1.82, 2.24) is 0 Å². The third-order valence-electron chi connectivity index (χ3n) is 9.69. The molecule has 7 atom stereocenters. The van der Waals surface area contributed by atoms with Gasteiger partial charge in [0, 0.05) is 0 Å². The van der Waals surface area contributed by atoms with Gasteiger partial charge in [-0.25, -0.2) is 0 Å². The summed E-state index contributed by atoms with van der Waals surface area (Å²) in [5, 5.41) is 51.3. The fraction of sp³-hybridized carbons (Fsp3) is 0.522. The molecule has 0 spiro atoms. The van der Waals surface area contributed by atoms with E-state index in [2.05, 4.69) is 96.2 Å². The van der Waals surface area contributed by atoms with Crippen LogP contribution in [0.4, 0.5) is 0 Å². The molecule has 294 valence electrons. The molecule has 53 heavy (non-hydrogen) atoms. The first-order chi connectivity index (χ1) is 24.7. The minimum absolute atomic E-state index is 0.0168. The summed E-state index contributed by atoms with van der Waals surface area (Å²) in [7, 11) is 0. The van der Waals surface area contributed by atoms with Crippen molar-refractivity contribution in [3.8, 4) is 0 Å². The molecule has 7 heteroatoms. The molecular formula is C46H68O7. The molecule has 1 heterocycles. The van der Waals surface area contributed by atoms with Crippen LogP contribution in [0, 0.1) is 5.41 Å². The quantitative estimate of drug-likeness (QED) is 0.101. The van der Waals surface area contributed by atoms with Crippen molar-refractivity contribution < 1.29 is 35.0 Å². The minimum Gasteiger partial charge on any atom is -0.393 e. The van der Waals surface area contributed by atoms with Gasteiger partial charge < -0.3 is 35.0 Å². The fourth-order valence-electron chi connectivity index (χ4n) is 6.42. The van der Waals surface area contributed by atoms with E-state index in [0.29, 0.717) is 12.8 Å². The summed E-state index contributed by atoms with van der Waals surface area (Å²) in [5.41, 5.74) is 7.03. The smallest absolute Gasteiger partial charge is 0.186 e. The van der Waals surface area contributed by atoms with Crippen LogP contribution in [-0.2, 0) is 9.47 Å². The Bertz CT molecular complexity index is 1530. The van der Waals surface area contributed by atoms with Crippen molar-refractivity contribution in [1.29, 1.82) is 0 Å². The molecule has 7 nitrogen and oxygen atoms in total. The zero-order valence-corrected chi connectivity index (χ0v) is 34.1. The van der Waals surface area contributed by atoms with E-state index in [-0.39, 0.29) is 11.5 Å². The molecule has 0 amide bonds. The summed E-state index contributed by atoms with van der Waals surface area (Å²) in [6.07, 6.45) is 27.0. The summed E-state index contributed by atoms with van der Waals surface area (Å²) >= 11 is 0. The number of rotatable bonds is 16. The van der Waals surface area contributed by atoms with Gasteiger partial charge in [0.05, 0.1) is 23.9 Å². The second-order valence-electron chi connectivity index (χ2n) is 16.1. The Balaban J connectivity index is 1.86. The molecule has 0 aromatic rings. The highest BCUT2D eigenvalue weighted by Gasteiger charge is 2.44. The lowest BCUT2D eigenvalue weighted by atomic mass is 9.71. The molecular weight excluding hydrogens is 664 g/mol. The third kappa shape index (κ3) is 16.4. The SMILES string of the molecule is CC(C=CC=C(C)C=CC=C(C)CCC(OC1OC(C)C(O)C(O)C1O)C(C)(C)O)=CC=CC=C(C)C=CC=C(C)C=CC1=C(C)CC(O)CC1(C)C. The summed E-state index contributed by atoms with van der Waals surface area (Å²) in [5.74, 6) is 0. The number of aliphatic hydroxyl groups is 5. The van der Waals surface area contributed by atoms with E-state index in [1.54, 1.807) is 20.8 Å². The maximum Gasteiger partial charge on any atom is 0.186 e. The molecule has 0 saturated carbocycles. The average molecular weight is 733 g/mol. The Morgan fingerprint density at radius 3 is 1.77 bits per heavy atom. The van der Waals surface area contributed by atoms with Crippen molar-refractivity contribution in [3.05, 3.63) is 130 Å². The Morgan fingerprint density at radius 1 is 0.774 bits per heavy atom. The van der Waals surface area contributed by atoms with Crippen LogP contribution in [0.5, 0.6) is 0 Å². The number of ether oxygens (including phenoxy) is 2. The van der Waals surface area contributed by atoms with Crippen molar-refractivity contribution in [2.45, 2.75) is 150 Å². The molecule has 0 bridgehead atoms. The van der Waals surface area contributed by atoms with Crippen LogP contribution < -0.4 is 0 Å². The van der Waals surface area contributed by atoms with Crippen LogP contribution in [0.25, 0.3) is 0 Å². The van der Waals surface area contributed by atoms with Crippen molar-refractivity contribution in [2.24, 2.45) is 5.41 Å². The second-order valence-corrected chi connectivity index (χ2v) is 16.1.